The van der Waals surface area contributed by atoms with Crippen molar-refractivity contribution in [1.82, 2.24) is 9.97 Å². The highest BCUT2D eigenvalue weighted by atomic mass is 32.1. The number of hydrogen-bond acceptors (Lipinski definition) is 5. The van der Waals surface area contributed by atoms with E-state index < -0.39 is 0 Å². The molecule has 0 atom stereocenters. The first-order chi connectivity index (χ1) is 7.27. The van der Waals surface area contributed by atoms with Gasteiger partial charge in [0, 0.05) is 11.1 Å². The molecule has 0 aliphatic carbocycles. The number of thiazole rings is 1. The molecule has 0 amide bonds. The number of hydrogen-bond donors (Lipinski definition) is 2. The van der Waals surface area contributed by atoms with Gasteiger partial charge in [0.15, 0.2) is 0 Å². The Morgan fingerprint density at radius 1 is 1.47 bits per heavy atom. The van der Waals surface area contributed by atoms with Gasteiger partial charge in [0.2, 0.25) is 0 Å². The number of anilines is 2. The lowest BCUT2D eigenvalue weighted by atomic mass is 10.3. The molecule has 0 unspecified atom stereocenters. The summed E-state index contributed by atoms with van der Waals surface area (Å²) in [4.78, 5) is 9.41. The zero-order valence-electron chi connectivity index (χ0n) is 8.40. The summed E-state index contributed by atoms with van der Waals surface area (Å²) in [5, 5.41) is 3.24. The van der Waals surface area contributed by atoms with Crippen molar-refractivity contribution in [2.75, 3.05) is 11.1 Å². The molecule has 4 nitrogen and oxygen atoms in total. The molecule has 0 radical (unpaired) electrons. The molecule has 0 saturated heterocycles. The van der Waals surface area contributed by atoms with Crippen molar-refractivity contribution < 1.29 is 0 Å². The number of nitrogens with two attached hydrogens (primary N) is 1. The third-order valence-electron chi connectivity index (χ3n) is 2.12. The van der Waals surface area contributed by atoms with Crippen LogP contribution in [-0.4, -0.2) is 9.97 Å². The van der Waals surface area contributed by atoms with E-state index in [1.165, 1.54) is 4.88 Å². The molecule has 0 aliphatic rings. The minimum Gasteiger partial charge on any atom is -0.382 e. The maximum absolute atomic E-state index is 5.71. The lowest BCUT2D eigenvalue weighted by Gasteiger charge is -2.06. The summed E-state index contributed by atoms with van der Waals surface area (Å²) in [5.41, 5.74) is 9.49. The monoisotopic (exact) mass is 220 g/mol. The molecule has 78 valence electrons. The van der Waals surface area contributed by atoms with Crippen LogP contribution >= 0.6 is 11.3 Å². The van der Waals surface area contributed by atoms with Crippen LogP contribution < -0.4 is 11.1 Å². The highest BCUT2D eigenvalue weighted by molar-refractivity contribution is 7.09. The number of aromatic nitrogens is 2. The van der Waals surface area contributed by atoms with Gasteiger partial charge in [-0.15, -0.1) is 11.3 Å². The number of nitrogens with one attached hydrogen (secondary N) is 1. The minimum atomic E-state index is 0.527. The average molecular weight is 220 g/mol. The Morgan fingerprint density at radius 3 is 3.00 bits per heavy atom. The smallest absolute Gasteiger partial charge is 0.146 e. The van der Waals surface area contributed by atoms with Crippen LogP contribution in [0.25, 0.3) is 0 Å². The van der Waals surface area contributed by atoms with Crippen LogP contribution in [0, 0.1) is 6.92 Å². The predicted molar refractivity (Wildman–Crippen MR) is 62.8 cm³/mol. The molecule has 2 aromatic heterocycles. The highest BCUT2D eigenvalue weighted by Gasteiger charge is 2.02. The van der Waals surface area contributed by atoms with Gasteiger partial charge in [-0.1, -0.05) is 0 Å². The molecule has 2 rings (SSSR count). The van der Waals surface area contributed by atoms with Crippen LogP contribution in [0.3, 0.4) is 0 Å². The molecule has 3 N–H and O–H groups in total. The van der Waals surface area contributed by atoms with Gasteiger partial charge in [-0.3, -0.25) is 0 Å². The van der Waals surface area contributed by atoms with E-state index >= 15 is 0 Å². The van der Waals surface area contributed by atoms with Crippen molar-refractivity contribution in [3.63, 3.8) is 0 Å². The molecule has 0 fully saturated rings. The summed E-state index contributed by atoms with van der Waals surface area (Å²) in [5.74, 6) is 0.527. The first-order valence-corrected chi connectivity index (χ1v) is 5.48. The van der Waals surface area contributed by atoms with Gasteiger partial charge in [-0.2, -0.15) is 0 Å². The van der Waals surface area contributed by atoms with Gasteiger partial charge in [0.05, 0.1) is 23.4 Å². The summed E-state index contributed by atoms with van der Waals surface area (Å²) < 4.78 is 0. The SMILES string of the molecule is Cc1ncsc1CNc1cccnc1N. The zero-order chi connectivity index (χ0) is 10.7. The molecule has 2 heterocycles. The molecular weight excluding hydrogens is 208 g/mol. The first kappa shape index (κ1) is 9.92. The quantitative estimate of drug-likeness (QED) is 0.830. The molecule has 0 saturated carbocycles. The molecule has 5 heteroatoms. The van der Waals surface area contributed by atoms with Gasteiger partial charge in [0.1, 0.15) is 5.82 Å². The molecule has 0 aliphatic heterocycles. The summed E-state index contributed by atoms with van der Waals surface area (Å²) in [7, 11) is 0. The maximum Gasteiger partial charge on any atom is 0.146 e. The van der Waals surface area contributed by atoms with Crippen molar-refractivity contribution in [3.8, 4) is 0 Å². The lowest BCUT2D eigenvalue weighted by Crippen LogP contribution is -2.03. The first-order valence-electron chi connectivity index (χ1n) is 4.60. The zero-order valence-corrected chi connectivity index (χ0v) is 9.21. The van der Waals surface area contributed by atoms with Crippen LogP contribution in [0.5, 0.6) is 0 Å². The van der Waals surface area contributed by atoms with Crippen molar-refractivity contribution in [2.24, 2.45) is 0 Å². The van der Waals surface area contributed by atoms with Crippen molar-refractivity contribution in [2.45, 2.75) is 13.5 Å². The van der Waals surface area contributed by atoms with Crippen molar-refractivity contribution in [1.29, 1.82) is 0 Å². The number of pyridine rings is 1. The molecule has 2 aromatic rings. The largest absolute Gasteiger partial charge is 0.382 e. The van der Waals surface area contributed by atoms with Crippen LogP contribution in [-0.2, 0) is 6.54 Å². The lowest BCUT2D eigenvalue weighted by molar-refractivity contribution is 1.12. The van der Waals surface area contributed by atoms with Crippen LogP contribution in [0.15, 0.2) is 23.8 Å². The van der Waals surface area contributed by atoms with E-state index in [1.54, 1.807) is 17.5 Å². The maximum atomic E-state index is 5.71. The Hall–Kier alpha value is -1.62. The number of nitrogens with zero attached hydrogens (tertiary/aromatic N) is 2. The normalized spacial score (nSPS) is 10.2. The van der Waals surface area contributed by atoms with Crippen molar-refractivity contribution in [3.05, 3.63) is 34.4 Å². The Balaban J connectivity index is 2.06. The second-order valence-corrected chi connectivity index (χ2v) is 4.09. The number of rotatable bonds is 3. The van der Waals surface area contributed by atoms with Gasteiger partial charge >= 0.3 is 0 Å². The fraction of sp³-hybridized carbons (Fsp3) is 0.200. The van der Waals surface area contributed by atoms with E-state index in [0.717, 1.165) is 17.9 Å². The Kier molecular flexibility index (Phi) is 2.82. The predicted octanol–water partition coefficient (Wildman–Crippen LogP) is 2.04. The Morgan fingerprint density at radius 2 is 2.33 bits per heavy atom. The van der Waals surface area contributed by atoms with E-state index in [4.69, 9.17) is 5.73 Å². The third kappa shape index (κ3) is 2.24. The molecule has 0 bridgehead atoms. The second-order valence-electron chi connectivity index (χ2n) is 3.15. The Labute approximate surface area is 92.2 Å². The van der Waals surface area contributed by atoms with E-state index in [2.05, 4.69) is 15.3 Å². The fourth-order valence-electron chi connectivity index (χ4n) is 1.24. The van der Waals surface area contributed by atoms with Gasteiger partial charge in [0.25, 0.3) is 0 Å². The second kappa shape index (κ2) is 4.27. The third-order valence-corrected chi connectivity index (χ3v) is 3.06. The summed E-state index contributed by atoms with van der Waals surface area (Å²) in [6, 6.07) is 3.77. The van der Waals surface area contributed by atoms with Gasteiger partial charge < -0.3 is 11.1 Å². The van der Waals surface area contributed by atoms with Gasteiger partial charge in [-0.05, 0) is 19.1 Å². The van der Waals surface area contributed by atoms with Crippen molar-refractivity contribution >= 4 is 22.8 Å². The molecule has 0 spiro atoms. The highest BCUT2D eigenvalue weighted by Crippen LogP contribution is 2.18. The summed E-state index contributed by atoms with van der Waals surface area (Å²) in [6.45, 7) is 2.74. The molecular formula is C10H12N4S. The van der Waals surface area contributed by atoms with E-state index in [-0.39, 0.29) is 0 Å². The molecule has 0 aromatic carbocycles. The van der Waals surface area contributed by atoms with E-state index in [9.17, 15) is 0 Å². The summed E-state index contributed by atoms with van der Waals surface area (Å²) in [6.07, 6.45) is 1.68. The summed E-state index contributed by atoms with van der Waals surface area (Å²) >= 11 is 1.64. The van der Waals surface area contributed by atoms with E-state index in [0.29, 0.717) is 5.82 Å². The van der Waals surface area contributed by atoms with Crippen LogP contribution in [0.1, 0.15) is 10.6 Å². The topological polar surface area (TPSA) is 63.8 Å². The standard InChI is InChI=1S/C10H12N4S/c1-7-9(15-6-14-7)5-13-8-3-2-4-12-10(8)11/h2-4,6,13H,5H2,1H3,(H2,11,12). The number of nitrogen functional groups attached to an aromatic ring is 1. The van der Waals surface area contributed by atoms with Crippen LogP contribution in [0.4, 0.5) is 11.5 Å². The Bertz CT molecular complexity index is 452. The number of aryl methyl sites for hydroxylation is 1. The van der Waals surface area contributed by atoms with E-state index in [1.807, 2.05) is 24.6 Å². The van der Waals surface area contributed by atoms with Gasteiger partial charge in [-0.25, -0.2) is 9.97 Å². The fourth-order valence-corrected chi connectivity index (χ4v) is 1.96. The average Bonchev–Trinajstić information content (AvgIpc) is 2.63. The molecule has 15 heavy (non-hydrogen) atoms. The minimum absolute atomic E-state index is 0.527. The van der Waals surface area contributed by atoms with Crippen LogP contribution in [0.2, 0.25) is 0 Å².